The molecule has 0 radical (unpaired) electrons. The lowest BCUT2D eigenvalue weighted by molar-refractivity contribution is 0.0497. The maximum absolute atomic E-state index is 11.5. The molecule has 0 unspecified atom stereocenters. The molecule has 104 valence electrons. The highest BCUT2D eigenvalue weighted by Gasteiger charge is 2.25. The van der Waals surface area contributed by atoms with Crippen molar-refractivity contribution in [1.29, 1.82) is 0 Å². The van der Waals surface area contributed by atoms with Crippen molar-refractivity contribution in [2.75, 3.05) is 0 Å². The van der Waals surface area contributed by atoms with E-state index in [0.717, 1.165) is 0 Å². The number of carbonyl (C=O) groups is 1. The molecule has 1 amide bonds. The Bertz CT molecular complexity index is 448. The topological polar surface area (TPSA) is 50.4 Å². The minimum atomic E-state index is -0.475. The summed E-state index contributed by atoms with van der Waals surface area (Å²) in [6.07, 6.45) is 2.10. The van der Waals surface area contributed by atoms with Crippen molar-refractivity contribution in [3.63, 3.8) is 0 Å². The van der Waals surface area contributed by atoms with Crippen LogP contribution in [0.1, 0.15) is 50.7 Å². The molecule has 1 aliphatic carbocycles. The molecule has 1 aromatic carbocycles. The molecule has 19 heavy (non-hydrogen) atoms. The summed E-state index contributed by atoms with van der Waals surface area (Å²) in [5.41, 5.74) is 7.64. The second-order valence-electron chi connectivity index (χ2n) is 5.95. The smallest absolute Gasteiger partial charge is 0.422 e. The van der Waals surface area contributed by atoms with Crippen LogP contribution in [0.5, 0.6) is 0 Å². The minimum absolute atomic E-state index is 0.448. The third kappa shape index (κ3) is 4.56. The molecule has 2 rings (SSSR count). The zero-order valence-corrected chi connectivity index (χ0v) is 11.8. The van der Waals surface area contributed by atoms with Crippen LogP contribution in [0.15, 0.2) is 24.3 Å². The lowest BCUT2D eigenvalue weighted by Crippen LogP contribution is -2.40. The van der Waals surface area contributed by atoms with Gasteiger partial charge in [-0.05, 0) is 50.7 Å². The Morgan fingerprint density at radius 1 is 1.32 bits per heavy atom. The summed E-state index contributed by atoms with van der Waals surface area (Å²) in [6.45, 7) is 6.14. The Labute approximate surface area is 114 Å². The van der Waals surface area contributed by atoms with Gasteiger partial charge in [-0.25, -0.2) is 10.2 Å². The molecular weight excluding hydrogens is 240 g/mol. The Morgan fingerprint density at radius 2 is 2.00 bits per heavy atom. The molecule has 0 aliphatic heterocycles. The van der Waals surface area contributed by atoms with Crippen LogP contribution in [-0.4, -0.2) is 11.7 Å². The largest absolute Gasteiger partial charge is 0.443 e. The zero-order valence-electron chi connectivity index (χ0n) is 11.8. The number of carbonyl (C=O) groups excluding carboxylic acids is 1. The van der Waals surface area contributed by atoms with Crippen LogP contribution in [0.2, 0.25) is 0 Å². The number of nitrogens with one attached hydrogen (secondary N) is 2. The lowest BCUT2D eigenvalue weighted by atomic mass is 10.0. The summed E-state index contributed by atoms with van der Waals surface area (Å²) in [7, 11) is 0. The second-order valence-corrected chi connectivity index (χ2v) is 5.95. The molecule has 0 heterocycles. The van der Waals surface area contributed by atoms with Crippen molar-refractivity contribution >= 4 is 6.09 Å². The van der Waals surface area contributed by atoms with E-state index in [1.807, 2.05) is 26.8 Å². The molecule has 1 aromatic rings. The van der Waals surface area contributed by atoms with E-state index in [1.165, 1.54) is 24.0 Å². The summed E-state index contributed by atoms with van der Waals surface area (Å²) in [5, 5.41) is 0. The monoisotopic (exact) mass is 262 g/mol. The number of benzene rings is 1. The van der Waals surface area contributed by atoms with Gasteiger partial charge in [-0.15, -0.1) is 0 Å². The van der Waals surface area contributed by atoms with Gasteiger partial charge in [0.15, 0.2) is 0 Å². The quantitative estimate of drug-likeness (QED) is 0.820. The number of hydrogen-bond donors (Lipinski definition) is 2. The molecule has 1 aliphatic rings. The highest BCUT2D eigenvalue weighted by molar-refractivity contribution is 5.66. The lowest BCUT2D eigenvalue weighted by Gasteiger charge is -2.20. The highest BCUT2D eigenvalue weighted by Crippen LogP contribution is 2.41. The first-order chi connectivity index (χ1) is 8.96. The number of hydrogen-bond acceptors (Lipinski definition) is 3. The van der Waals surface area contributed by atoms with Crippen molar-refractivity contribution in [3.05, 3.63) is 35.4 Å². The van der Waals surface area contributed by atoms with Gasteiger partial charge in [-0.1, -0.05) is 24.3 Å². The molecular formula is C15H22N2O2. The molecule has 1 fully saturated rings. The van der Waals surface area contributed by atoms with E-state index < -0.39 is 11.7 Å². The Hall–Kier alpha value is -1.55. The van der Waals surface area contributed by atoms with Gasteiger partial charge in [0.05, 0.1) is 0 Å². The summed E-state index contributed by atoms with van der Waals surface area (Å²) in [4.78, 5) is 11.5. The minimum Gasteiger partial charge on any atom is -0.443 e. The van der Waals surface area contributed by atoms with Gasteiger partial charge < -0.3 is 4.74 Å². The van der Waals surface area contributed by atoms with Gasteiger partial charge in [0.2, 0.25) is 0 Å². The molecule has 2 N–H and O–H groups in total. The van der Waals surface area contributed by atoms with E-state index in [0.29, 0.717) is 12.5 Å². The second kappa shape index (κ2) is 5.61. The average molecular weight is 262 g/mol. The molecule has 1 saturated carbocycles. The fourth-order valence-corrected chi connectivity index (χ4v) is 2.00. The molecule has 0 spiro atoms. The van der Waals surface area contributed by atoms with Crippen LogP contribution in [0.3, 0.4) is 0 Å². The Kier molecular flexibility index (Phi) is 4.10. The fourth-order valence-electron chi connectivity index (χ4n) is 2.00. The predicted molar refractivity (Wildman–Crippen MR) is 74.6 cm³/mol. The van der Waals surface area contributed by atoms with E-state index >= 15 is 0 Å². The van der Waals surface area contributed by atoms with Crippen LogP contribution in [0.25, 0.3) is 0 Å². The van der Waals surface area contributed by atoms with E-state index in [2.05, 4.69) is 29.1 Å². The van der Waals surface area contributed by atoms with Crippen LogP contribution in [0, 0.1) is 0 Å². The third-order valence-corrected chi connectivity index (χ3v) is 2.94. The van der Waals surface area contributed by atoms with E-state index in [1.54, 1.807) is 0 Å². The Morgan fingerprint density at radius 3 is 2.63 bits per heavy atom. The van der Waals surface area contributed by atoms with Crippen molar-refractivity contribution in [1.82, 2.24) is 10.9 Å². The van der Waals surface area contributed by atoms with Crippen molar-refractivity contribution in [3.8, 4) is 0 Å². The number of amides is 1. The van der Waals surface area contributed by atoms with Crippen molar-refractivity contribution in [2.45, 2.75) is 51.7 Å². The first-order valence-electron chi connectivity index (χ1n) is 6.75. The molecule has 4 heteroatoms. The summed E-state index contributed by atoms with van der Waals surface area (Å²) in [6, 6.07) is 8.36. The maximum Gasteiger partial charge on any atom is 0.422 e. The zero-order chi connectivity index (χ0) is 13.9. The first-order valence-corrected chi connectivity index (χ1v) is 6.75. The molecule has 0 saturated heterocycles. The van der Waals surface area contributed by atoms with Gasteiger partial charge >= 0.3 is 6.09 Å². The maximum atomic E-state index is 11.5. The van der Waals surface area contributed by atoms with E-state index in [-0.39, 0.29) is 0 Å². The molecule has 0 aromatic heterocycles. The molecule has 0 atom stereocenters. The summed E-state index contributed by atoms with van der Waals surface area (Å²) < 4.78 is 5.15. The van der Waals surface area contributed by atoms with Gasteiger partial charge in [0.1, 0.15) is 5.60 Å². The fraction of sp³-hybridized carbons (Fsp3) is 0.533. The normalized spacial score (nSPS) is 15.1. The molecule has 0 bridgehead atoms. The van der Waals surface area contributed by atoms with Crippen LogP contribution in [-0.2, 0) is 11.3 Å². The van der Waals surface area contributed by atoms with Crippen LogP contribution in [0.4, 0.5) is 4.79 Å². The van der Waals surface area contributed by atoms with Crippen LogP contribution < -0.4 is 10.9 Å². The van der Waals surface area contributed by atoms with Gasteiger partial charge in [0.25, 0.3) is 0 Å². The third-order valence-electron chi connectivity index (χ3n) is 2.94. The first kappa shape index (κ1) is 13.9. The van der Waals surface area contributed by atoms with Gasteiger partial charge in [0, 0.05) is 6.54 Å². The van der Waals surface area contributed by atoms with E-state index in [9.17, 15) is 4.79 Å². The van der Waals surface area contributed by atoms with Gasteiger partial charge in [-0.3, -0.25) is 5.43 Å². The number of hydrazine groups is 1. The highest BCUT2D eigenvalue weighted by atomic mass is 16.6. The Balaban J connectivity index is 1.81. The van der Waals surface area contributed by atoms with Crippen molar-refractivity contribution < 1.29 is 9.53 Å². The molecule has 4 nitrogen and oxygen atoms in total. The number of rotatable bonds is 4. The average Bonchev–Trinajstić information content (AvgIpc) is 3.11. The number of ether oxygens (including phenoxy) is 1. The van der Waals surface area contributed by atoms with Crippen molar-refractivity contribution in [2.24, 2.45) is 0 Å². The van der Waals surface area contributed by atoms with Crippen LogP contribution >= 0.6 is 0 Å². The predicted octanol–water partition coefficient (Wildman–Crippen LogP) is 3.09. The SMILES string of the molecule is CC(C)(C)OC(=O)NNCc1ccccc1C1CC1. The van der Waals surface area contributed by atoms with E-state index in [4.69, 9.17) is 4.74 Å². The summed E-state index contributed by atoms with van der Waals surface area (Å²) in [5.74, 6) is 0.708. The van der Waals surface area contributed by atoms with Gasteiger partial charge in [-0.2, -0.15) is 0 Å². The standard InChI is InChI=1S/C15H22N2O2/c1-15(2,3)19-14(18)17-16-10-12-6-4-5-7-13(12)11-8-9-11/h4-7,11,16H,8-10H2,1-3H3,(H,17,18). The summed E-state index contributed by atoms with van der Waals surface area (Å²) >= 11 is 0.